The van der Waals surface area contributed by atoms with Crippen LogP contribution in [-0.4, -0.2) is 109 Å². The minimum atomic E-state index is -1.60. The van der Waals surface area contributed by atoms with E-state index in [1.165, 1.54) is 5.56 Å². The van der Waals surface area contributed by atoms with Crippen LogP contribution in [0.3, 0.4) is 0 Å². The van der Waals surface area contributed by atoms with E-state index in [0.717, 1.165) is 6.54 Å². The third-order valence-electron chi connectivity index (χ3n) is 9.30. The number of nitrogens with zero attached hydrogens (tertiary/aromatic N) is 1. The third kappa shape index (κ3) is 39.8. The summed E-state index contributed by atoms with van der Waals surface area (Å²) in [6.45, 7) is 43.4. The second-order valence-corrected chi connectivity index (χ2v) is 46.8. The fourth-order valence-electron chi connectivity index (χ4n) is 5.46. The van der Waals surface area contributed by atoms with E-state index in [1.54, 1.807) is 34.6 Å². The Hall–Kier alpha value is -7.14. The van der Waals surface area contributed by atoms with Gasteiger partial charge < -0.3 is 18.9 Å². The molecule has 0 aliphatic rings. The van der Waals surface area contributed by atoms with Crippen molar-refractivity contribution in [3.05, 3.63) is 35.9 Å². The minimum Gasteiger partial charge on any atom is -0.465 e. The molecule has 428 valence electrons. The molecule has 1 rings (SSSR count). The summed E-state index contributed by atoms with van der Waals surface area (Å²) in [5, 5.41) is 0. The Morgan fingerprint density at radius 1 is 0.383 bits per heavy atom. The van der Waals surface area contributed by atoms with Gasteiger partial charge in [-0.15, -0.1) is 27.7 Å². The van der Waals surface area contributed by atoms with E-state index in [-0.39, 0.29) is 52.1 Å². The van der Waals surface area contributed by atoms with Gasteiger partial charge in [0.2, 0.25) is 0 Å². The Morgan fingerprint density at radius 3 is 0.864 bits per heavy atom. The van der Waals surface area contributed by atoms with E-state index < -0.39 is 75.1 Å². The zero-order valence-corrected chi connectivity index (χ0v) is 57.4. The van der Waals surface area contributed by atoms with Gasteiger partial charge >= 0.3 is 23.9 Å². The van der Waals surface area contributed by atoms with Crippen LogP contribution in [0.2, 0.25) is 98.2 Å². The maximum absolute atomic E-state index is 12.7. The zero-order chi connectivity index (χ0) is 62.1. The van der Waals surface area contributed by atoms with Gasteiger partial charge in [-0.05, 0) is 111 Å². The van der Waals surface area contributed by atoms with E-state index in [2.05, 4.69) is 268 Å². The Labute approximate surface area is 495 Å². The zero-order valence-electron chi connectivity index (χ0n) is 52.4. The monoisotopic (exact) mass is 1170 g/mol. The first-order chi connectivity index (χ1) is 37.8. The Balaban J connectivity index is 0. The van der Waals surface area contributed by atoms with Gasteiger partial charge in [0, 0.05) is 32.2 Å². The molecule has 0 saturated carbocycles. The third-order valence-corrected chi connectivity index (χ3v) is 13.7. The van der Waals surface area contributed by atoms with Gasteiger partial charge in [0.15, 0.2) is 10.8 Å². The van der Waals surface area contributed by atoms with Crippen molar-refractivity contribution >= 4 is 64.2 Å². The van der Waals surface area contributed by atoms with E-state index in [4.69, 9.17) is 18.9 Å². The van der Waals surface area contributed by atoms with Crippen LogP contribution in [0.15, 0.2) is 30.3 Å². The van der Waals surface area contributed by atoms with Gasteiger partial charge in [0.25, 0.3) is 0 Å². The molecule has 0 fully saturated rings. The molecule has 9 nitrogen and oxygen atoms in total. The second-order valence-electron chi connectivity index (χ2n) is 23.1. The maximum Gasteiger partial charge on any atom is 0.325 e. The molecule has 0 aliphatic carbocycles. The summed E-state index contributed by atoms with van der Waals surface area (Å²) in [6.07, 6.45) is -0.281. The van der Waals surface area contributed by atoms with Crippen molar-refractivity contribution < 1.29 is 38.1 Å². The lowest BCUT2D eigenvalue weighted by Gasteiger charge is -2.25. The van der Waals surface area contributed by atoms with Crippen molar-refractivity contribution in [3.8, 4) is 140 Å². The molecular formula is C67H87NO8Si5. The molecule has 0 radical (unpaired) electrons. The highest BCUT2D eigenvalue weighted by Gasteiger charge is 2.49. The fourth-order valence-corrected chi connectivity index (χ4v) is 7.65. The number of benzene rings is 1. The lowest BCUT2D eigenvalue weighted by molar-refractivity contribution is -0.173. The van der Waals surface area contributed by atoms with Crippen molar-refractivity contribution in [2.75, 3.05) is 39.5 Å². The number of rotatable bonds is 16. The van der Waals surface area contributed by atoms with Gasteiger partial charge in [0.05, 0.1) is 39.5 Å². The second kappa shape index (κ2) is 40.1. The normalized spacial score (nSPS) is 10.1. The van der Waals surface area contributed by atoms with Crippen molar-refractivity contribution in [3.63, 3.8) is 0 Å². The predicted octanol–water partition coefficient (Wildman–Crippen LogP) is 10.7. The molecule has 1 aromatic carbocycles. The summed E-state index contributed by atoms with van der Waals surface area (Å²) < 4.78 is 20.5. The summed E-state index contributed by atoms with van der Waals surface area (Å²) in [5.74, 6) is 51.4. The molecule has 0 amide bonds. The van der Waals surface area contributed by atoms with E-state index >= 15 is 0 Å². The standard InChI is InChI=1S/C23H29NSi2.C23H32O4Si2.C21H26O4Si/c1-25(2,3)20-14-8-12-18-24(22-23-16-10-7-11-17-23)19-13-9-15-21-26(4,5)6;1-9-26-21(24)23(22(25)27-10-2,17-13-11-15-19-28(3,4)5)18-14-12-16-20-29(6,7)8;1-7-10-11-13-16-21(19(22)24-8-2,20(23)25-9-3)17-14-12-15-18-26(4,5)6/h7,10-11,16-17H,18-19,22H2,1-6H3;9-10,17-18H2,1-8H3;8-9,16-17H2,1-6H3. The van der Waals surface area contributed by atoms with Gasteiger partial charge in [-0.1, -0.05) is 170 Å². The largest absolute Gasteiger partial charge is 0.465 e. The van der Waals surface area contributed by atoms with Crippen molar-refractivity contribution in [1.29, 1.82) is 0 Å². The first-order valence-electron chi connectivity index (χ1n) is 27.1. The van der Waals surface area contributed by atoms with Gasteiger partial charge in [-0.25, -0.2) is 0 Å². The predicted molar refractivity (Wildman–Crippen MR) is 347 cm³/mol. The average molecular weight is 1170 g/mol. The molecule has 0 aliphatic heterocycles. The smallest absolute Gasteiger partial charge is 0.325 e. The first kappa shape index (κ1) is 75.9. The summed E-state index contributed by atoms with van der Waals surface area (Å²) >= 11 is 0. The molecular weight excluding hydrogens is 1090 g/mol. The molecule has 0 N–H and O–H groups in total. The molecule has 14 heteroatoms. The summed E-state index contributed by atoms with van der Waals surface area (Å²) in [5.41, 5.74) is 14.0. The Kier molecular flexibility index (Phi) is 37.6. The molecule has 0 bridgehead atoms. The van der Waals surface area contributed by atoms with Crippen LogP contribution in [0, 0.1) is 151 Å². The number of carbonyl (C=O) groups is 4. The molecule has 0 atom stereocenters. The van der Waals surface area contributed by atoms with Crippen molar-refractivity contribution in [2.45, 2.75) is 165 Å². The number of esters is 4. The molecule has 0 aromatic heterocycles. The SMILES string of the molecule is CC#CC#CCC(CC#CC#C[Si](C)(C)C)(C(=O)OCC)C(=O)OCC.CCOC(=O)C(CC#CC#C[Si](C)(C)C)(CC#CC#C[Si](C)(C)C)C(=O)OCC.C[Si](C)(C)C#CC#CCN(CC#CC#C[Si](C)(C)C)Cc1ccccc1. The maximum atomic E-state index is 12.7. The van der Waals surface area contributed by atoms with Gasteiger partial charge in [-0.3, -0.25) is 24.1 Å². The minimum absolute atomic E-state index is 0.0683. The Bertz CT molecular complexity index is 2920. The first-order valence-corrected chi connectivity index (χ1v) is 44.6. The summed E-state index contributed by atoms with van der Waals surface area (Å²) in [7, 11) is -7.34. The van der Waals surface area contributed by atoms with Crippen LogP contribution in [0.1, 0.15) is 65.9 Å². The van der Waals surface area contributed by atoms with E-state index in [0.29, 0.717) is 13.1 Å². The summed E-state index contributed by atoms with van der Waals surface area (Å²) in [4.78, 5) is 52.7. The van der Waals surface area contributed by atoms with E-state index in [1.807, 2.05) is 6.07 Å². The number of hydrogen-bond donors (Lipinski definition) is 0. The number of ether oxygens (including phenoxy) is 4. The molecule has 81 heavy (non-hydrogen) atoms. The highest BCUT2D eigenvalue weighted by atomic mass is 28.3. The highest BCUT2D eigenvalue weighted by molar-refractivity contribution is 6.85. The summed E-state index contributed by atoms with van der Waals surface area (Å²) in [6, 6.07) is 10.4. The van der Waals surface area contributed by atoms with E-state index in [9.17, 15) is 19.2 Å². The van der Waals surface area contributed by atoms with Crippen LogP contribution >= 0.6 is 0 Å². The van der Waals surface area contributed by atoms with Crippen molar-refractivity contribution in [2.24, 2.45) is 10.8 Å². The highest BCUT2D eigenvalue weighted by Crippen LogP contribution is 2.31. The number of hydrogen-bond acceptors (Lipinski definition) is 9. The molecule has 0 saturated heterocycles. The van der Waals surface area contributed by atoms with Crippen LogP contribution in [0.4, 0.5) is 0 Å². The average Bonchev–Trinajstić information content (AvgIpc) is 3.35. The molecule has 0 unspecified atom stereocenters. The number of carbonyl (C=O) groups excluding carboxylic acids is 4. The van der Waals surface area contributed by atoms with Crippen LogP contribution in [0.5, 0.6) is 0 Å². The topological polar surface area (TPSA) is 108 Å². The molecule has 0 heterocycles. The quantitative estimate of drug-likeness (QED) is 0.0526. The van der Waals surface area contributed by atoms with Gasteiger partial charge in [-0.2, -0.15) is 0 Å². The fraction of sp³-hybridized carbons (Fsp3) is 0.493. The van der Waals surface area contributed by atoms with Crippen molar-refractivity contribution in [1.82, 2.24) is 4.90 Å². The lowest BCUT2D eigenvalue weighted by atomic mass is 9.81. The van der Waals surface area contributed by atoms with Crippen LogP contribution in [0.25, 0.3) is 0 Å². The Morgan fingerprint density at radius 2 is 0.630 bits per heavy atom. The van der Waals surface area contributed by atoms with Crippen LogP contribution in [-0.2, 0) is 44.7 Å². The molecule has 1 aromatic rings. The van der Waals surface area contributed by atoms with Gasteiger partial charge in [0.1, 0.15) is 40.4 Å². The lowest BCUT2D eigenvalue weighted by Crippen LogP contribution is -2.41. The van der Waals surface area contributed by atoms with Crippen LogP contribution < -0.4 is 0 Å². The molecule has 0 spiro atoms.